The molecular formula is C10H19N. The Bertz CT molecular complexity index is 138. The van der Waals surface area contributed by atoms with E-state index in [2.05, 4.69) is 11.9 Å². The van der Waals surface area contributed by atoms with Crippen LogP contribution in [0.25, 0.3) is 0 Å². The Hall–Kier alpha value is -0.0400. The zero-order valence-electron chi connectivity index (χ0n) is 7.60. The Labute approximate surface area is 69.8 Å². The van der Waals surface area contributed by atoms with E-state index in [9.17, 15) is 0 Å². The second-order valence-electron chi connectivity index (χ2n) is 4.55. The van der Waals surface area contributed by atoms with E-state index in [0.29, 0.717) is 0 Å². The van der Waals surface area contributed by atoms with Crippen LogP contribution in [0.1, 0.15) is 38.5 Å². The van der Waals surface area contributed by atoms with Crippen LogP contribution in [0.5, 0.6) is 0 Å². The minimum atomic E-state index is 0.801. The van der Waals surface area contributed by atoms with E-state index >= 15 is 0 Å². The van der Waals surface area contributed by atoms with Crippen LogP contribution < -0.4 is 0 Å². The molecule has 0 aromatic carbocycles. The van der Waals surface area contributed by atoms with E-state index < -0.39 is 0 Å². The van der Waals surface area contributed by atoms with Gasteiger partial charge in [-0.3, -0.25) is 0 Å². The summed E-state index contributed by atoms with van der Waals surface area (Å²) >= 11 is 0. The fourth-order valence-corrected chi connectivity index (χ4v) is 2.37. The zero-order valence-corrected chi connectivity index (χ0v) is 7.60. The molecule has 1 spiro atoms. The van der Waals surface area contributed by atoms with Crippen molar-refractivity contribution in [1.82, 2.24) is 4.90 Å². The van der Waals surface area contributed by atoms with E-state index in [1.54, 1.807) is 0 Å². The van der Waals surface area contributed by atoms with Crippen LogP contribution in [0.15, 0.2) is 0 Å². The van der Waals surface area contributed by atoms with Crippen LogP contribution in [0, 0.1) is 5.41 Å². The highest BCUT2D eigenvalue weighted by Crippen LogP contribution is 2.50. The van der Waals surface area contributed by atoms with Crippen molar-refractivity contribution in [2.45, 2.75) is 38.5 Å². The lowest BCUT2D eigenvalue weighted by Gasteiger charge is -2.26. The van der Waals surface area contributed by atoms with Gasteiger partial charge in [0, 0.05) is 6.54 Å². The molecular weight excluding hydrogens is 134 g/mol. The highest BCUT2D eigenvalue weighted by Gasteiger charge is 2.42. The van der Waals surface area contributed by atoms with Crippen molar-refractivity contribution in [2.24, 2.45) is 5.41 Å². The van der Waals surface area contributed by atoms with Crippen molar-refractivity contribution in [1.29, 1.82) is 0 Å². The molecule has 2 aliphatic rings. The Morgan fingerprint density at radius 1 is 1.00 bits per heavy atom. The maximum Gasteiger partial charge on any atom is 0.00349 e. The summed E-state index contributed by atoms with van der Waals surface area (Å²) in [5.74, 6) is 0. The van der Waals surface area contributed by atoms with Gasteiger partial charge in [0.15, 0.2) is 0 Å². The normalized spacial score (nSPS) is 31.4. The van der Waals surface area contributed by atoms with Gasteiger partial charge in [-0.2, -0.15) is 0 Å². The summed E-state index contributed by atoms with van der Waals surface area (Å²) in [6, 6.07) is 0. The van der Waals surface area contributed by atoms with Crippen molar-refractivity contribution in [3.05, 3.63) is 0 Å². The number of likely N-dealkylation sites (tertiary alicyclic amines) is 1. The smallest absolute Gasteiger partial charge is 0.00349 e. The molecule has 2 rings (SSSR count). The van der Waals surface area contributed by atoms with E-state index in [4.69, 9.17) is 0 Å². The Morgan fingerprint density at radius 3 is 2.55 bits per heavy atom. The molecule has 1 heteroatoms. The van der Waals surface area contributed by atoms with Gasteiger partial charge in [0.05, 0.1) is 0 Å². The second-order valence-corrected chi connectivity index (χ2v) is 4.55. The Balaban J connectivity index is 1.90. The molecule has 1 saturated heterocycles. The fourth-order valence-electron chi connectivity index (χ4n) is 2.37. The molecule has 1 aliphatic heterocycles. The van der Waals surface area contributed by atoms with Crippen LogP contribution in [-0.4, -0.2) is 25.0 Å². The lowest BCUT2D eigenvalue weighted by molar-refractivity contribution is 0.224. The van der Waals surface area contributed by atoms with Gasteiger partial charge in [-0.15, -0.1) is 0 Å². The van der Waals surface area contributed by atoms with E-state index in [1.165, 1.54) is 51.6 Å². The molecule has 0 aromatic rings. The summed E-state index contributed by atoms with van der Waals surface area (Å²) in [6.45, 7) is 2.72. The number of hydrogen-bond acceptors (Lipinski definition) is 1. The van der Waals surface area contributed by atoms with Crippen LogP contribution >= 0.6 is 0 Å². The Kier molecular flexibility index (Phi) is 1.92. The lowest BCUT2D eigenvalue weighted by Crippen LogP contribution is -2.29. The number of rotatable bonds is 0. The highest BCUT2D eigenvalue weighted by molar-refractivity contribution is 4.95. The topological polar surface area (TPSA) is 3.24 Å². The third kappa shape index (κ3) is 1.76. The predicted octanol–water partition coefficient (Wildman–Crippen LogP) is 2.27. The summed E-state index contributed by atoms with van der Waals surface area (Å²) in [4.78, 5) is 2.53. The quantitative estimate of drug-likeness (QED) is 0.516. The average Bonchev–Trinajstić information content (AvgIpc) is 2.65. The third-order valence-electron chi connectivity index (χ3n) is 3.31. The summed E-state index contributed by atoms with van der Waals surface area (Å²) < 4.78 is 0. The van der Waals surface area contributed by atoms with Crippen LogP contribution in [0.3, 0.4) is 0 Å². The molecule has 64 valence electrons. The van der Waals surface area contributed by atoms with Crippen molar-refractivity contribution < 1.29 is 0 Å². The largest absolute Gasteiger partial charge is 0.306 e. The molecule has 0 N–H and O–H groups in total. The van der Waals surface area contributed by atoms with E-state index in [1.807, 2.05) is 0 Å². The Morgan fingerprint density at radius 2 is 1.82 bits per heavy atom. The number of hydrogen-bond donors (Lipinski definition) is 0. The van der Waals surface area contributed by atoms with Crippen molar-refractivity contribution in [3.63, 3.8) is 0 Å². The summed E-state index contributed by atoms with van der Waals surface area (Å²) in [5.41, 5.74) is 0.801. The fraction of sp³-hybridized carbons (Fsp3) is 1.00. The molecule has 0 atom stereocenters. The molecule has 1 nitrogen and oxygen atoms in total. The van der Waals surface area contributed by atoms with Crippen molar-refractivity contribution in [3.8, 4) is 0 Å². The first-order chi connectivity index (χ1) is 5.31. The molecule has 1 saturated carbocycles. The minimum absolute atomic E-state index is 0.801. The minimum Gasteiger partial charge on any atom is -0.306 e. The predicted molar refractivity (Wildman–Crippen MR) is 47.6 cm³/mol. The van der Waals surface area contributed by atoms with Gasteiger partial charge in [-0.1, -0.05) is 12.8 Å². The van der Waals surface area contributed by atoms with Gasteiger partial charge >= 0.3 is 0 Å². The van der Waals surface area contributed by atoms with Gasteiger partial charge in [-0.25, -0.2) is 0 Å². The first kappa shape index (κ1) is 7.60. The molecule has 0 unspecified atom stereocenters. The van der Waals surface area contributed by atoms with Gasteiger partial charge in [0.1, 0.15) is 0 Å². The van der Waals surface area contributed by atoms with Crippen LogP contribution in [-0.2, 0) is 0 Å². The van der Waals surface area contributed by atoms with Crippen molar-refractivity contribution >= 4 is 0 Å². The standard InChI is InChI=1S/C10H19N/c1-11-8-4-2-3-5-10(9-11)6-7-10/h2-9H2,1H3. The molecule has 0 aromatic heterocycles. The second kappa shape index (κ2) is 2.78. The summed E-state index contributed by atoms with van der Waals surface area (Å²) in [6.07, 6.45) is 8.92. The summed E-state index contributed by atoms with van der Waals surface area (Å²) in [7, 11) is 2.28. The molecule has 0 bridgehead atoms. The molecule has 0 radical (unpaired) electrons. The molecule has 2 fully saturated rings. The monoisotopic (exact) mass is 153 g/mol. The highest BCUT2D eigenvalue weighted by atomic mass is 15.1. The van der Waals surface area contributed by atoms with Gasteiger partial charge in [-0.05, 0) is 44.7 Å². The van der Waals surface area contributed by atoms with Crippen LogP contribution in [0.4, 0.5) is 0 Å². The van der Waals surface area contributed by atoms with E-state index in [-0.39, 0.29) is 0 Å². The van der Waals surface area contributed by atoms with Crippen LogP contribution in [0.2, 0.25) is 0 Å². The maximum atomic E-state index is 2.53. The van der Waals surface area contributed by atoms with Gasteiger partial charge in [0.25, 0.3) is 0 Å². The third-order valence-corrected chi connectivity index (χ3v) is 3.31. The lowest BCUT2D eigenvalue weighted by atomic mass is 9.95. The zero-order chi connectivity index (χ0) is 7.73. The van der Waals surface area contributed by atoms with E-state index in [0.717, 1.165) is 5.41 Å². The SMILES string of the molecule is CN1CCCCCC2(CC2)C1. The molecule has 1 heterocycles. The molecule has 0 amide bonds. The molecule has 1 aliphatic carbocycles. The molecule has 11 heavy (non-hydrogen) atoms. The first-order valence-electron chi connectivity index (χ1n) is 4.99. The average molecular weight is 153 g/mol. The van der Waals surface area contributed by atoms with Crippen molar-refractivity contribution in [2.75, 3.05) is 20.1 Å². The van der Waals surface area contributed by atoms with Gasteiger partial charge in [0.2, 0.25) is 0 Å². The van der Waals surface area contributed by atoms with Gasteiger partial charge < -0.3 is 4.90 Å². The first-order valence-corrected chi connectivity index (χ1v) is 4.99. The summed E-state index contributed by atoms with van der Waals surface area (Å²) in [5, 5.41) is 0. The maximum absolute atomic E-state index is 2.53. The number of nitrogens with zero attached hydrogens (tertiary/aromatic N) is 1.